The van der Waals surface area contributed by atoms with Gasteiger partial charge in [-0.2, -0.15) is 0 Å². The molecule has 2 N–H and O–H groups in total. The van der Waals surface area contributed by atoms with Crippen molar-refractivity contribution in [2.24, 2.45) is 23.7 Å². The van der Waals surface area contributed by atoms with Crippen LogP contribution in [0.5, 0.6) is 0 Å². The molecule has 1 aliphatic heterocycles. The number of aliphatic carboxylic acids is 1. The molecule has 0 spiro atoms. The summed E-state index contributed by atoms with van der Waals surface area (Å²) in [5.41, 5.74) is 0. The van der Waals surface area contributed by atoms with Gasteiger partial charge < -0.3 is 10.4 Å². The topological polar surface area (TPSA) is 121 Å². The van der Waals surface area contributed by atoms with Crippen molar-refractivity contribution in [2.45, 2.75) is 89.9 Å². The van der Waals surface area contributed by atoms with Gasteiger partial charge in [0.15, 0.2) is 0 Å². The molecule has 2 saturated carbocycles. The van der Waals surface area contributed by atoms with E-state index >= 15 is 0 Å². The zero-order valence-corrected chi connectivity index (χ0v) is 20.7. The van der Waals surface area contributed by atoms with Gasteiger partial charge in [0.25, 0.3) is 11.8 Å². The first kappa shape index (κ1) is 27.1. The van der Waals surface area contributed by atoms with Gasteiger partial charge in [-0.3, -0.25) is 28.9 Å². The summed E-state index contributed by atoms with van der Waals surface area (Å²) in [6, 6.07) is 0. The van der Waals surface area contributed by atoms with Crippen LogP contribution in [0.25, 0.3) is 0 Å². The second kappa shape index (κ2) is 13.5. The van der Waals surface area contributed by atoms with E-state index in [1.165, 1.54) is 17.1 Å². The van der Waals surface area contributed by atoms with Crippen molar-refractivity contribution in [2.75, 3.05) is 13.1 Å². The number of rotatable bonds is 13. The number of amides is 3. The highest BCUT2D eigenvalue weighted by Crippen LogP contribution is 2.32. The van der Waals surface area contributed by atoms with Gasteiger partial charge in [0, 0.05) is 44.0 Å². The summed E-state index contributed by atoms with van der Waals surface area (Å²) >= 11 is 0. The molecule has 0 aromatic rings. The van der Waals surface area contributed by atoms with Gasteiger partial charge in [-0.1, -0.05) is 6.42 Å². The fraction of sp³-hybridized carbons (Fsp3) is 0.741. The number of Topliss-reactive ketones (excluding diaryl/α,β-unsaturated/α-hetero) is 1. The fourth-order valence-electron chi connectivity index (χ4n) is 5.64. The maximum absolute atomic E-state index is 12.5. The molecule has 0 aromatic heterocycles. The van der Waals surface area contributed by atoms with Crippen LogP contribution in [0.1, 0.15) is 89.9 Å². The quantitative estimate of drug-likeness (QED) is 0.302. The number of nitrogens with one attached hydrogen (secondary N) is 1. The number of carboxylic acid groups (broad SMARTS) is 1. The number of nitrogens with zero attached hydrogens (tertiary/aromatic N) is 1. The molecule has 0 aromatic carbocycles. The summed E-state index contributed by atoms with van der Waals surface area (Å²) in [4.78, 5) is 60.4. The average Bonchev–Trinajstić information content (AvgIpc) is 3.17. The average molecular weight is 489 g/mol. The third-order valence-electron chi connectivity index (χ3n) is 8.02. The Morgan fingerprint density at radius 3 is 2.03 bits per heavy atom. The number of unbranched alkanes of at least 4 members (excludes halogenated alkanes) is 2. The van der Waals surface area contributed by atoms with Crippen molar-refractivity contribution in [1.82, 2.24) is 10.2 Å². The summed E-state index contributed by atoms with van der Waals surface area (Å²) in [7, 11) is 0. The maximum Gasteiger partial charge on any atom is 0.306 e. The molecular weight excluding hydrogens is 448 g/mol. The van der Waals surface area contributed by atoms with Crippen LogP contribution in [-0.2, 0) is 24.0 Å². The molecule has 0 saturated heterocycles. The van der Waals surface area contributed by atoms with Crippen molar-refractivity contribution in [1.29, 1.82) is 0 Å². The van der Waals surface area contributed by atoms with Gasteiger partial charge >= 0.3 is 5.97 Å². The third kappa shape index (κ3) is 8.58. The SMILES string of the molecule is O=C(CCCCCNC(=O)C1CCC(CN2C(=O)C=CC2=O)CC1)CCC1CCC(C(=O)O)CC1. The number of hydrogen-bond donors (Lipinski definition) is 2. The molecule has 3 rings (SSSR count). The van der Waals surface area contributed by atoms with E-state index in [1.807, 2.05) is 0 Å². The first-order chi connectivity index (χ1) is 16.8. The minimum atomic E-state index is -0.688. The predicted molar refractivity (Wildman–Crippen MR) is 130 cm³/mol. The zero-order chi connectivity index (χ0) is 25.2. The molecule has 8 nitrogen and oxygen atoms in total. The lowest BCUT2D eigenvalue weighted by molar-refractivity contribution is -0.143. The van der Waals surface area contributed by atoms with E-state index in [0.717, 1.165) is 77.0 Å². The second-order valence-electron chi connectivity index (χ2n) is 10.6. The summed E-state index contributed by atoms with van der Waals surface area (Å²) in [6.45, 7) is 1.08. The normalized spacial score (nSPS) is 26.7. The summed E-state index contributed by atoms with van der Waals surface area (Å²) in [5.74, 6) is -0.229. The highest BCUT2D eigenvalue weighted by Gasteiger charge is 2.31. The van der Waals surface area contributed by atoms with E-state index in [4.69, 9.17) is 5.11 Å². The van der Waals surface area contributed by atoms with Gasteiger partial charge in [0.1, 0.15) is 5.78 Å². The predicted octanol–water partition coefficient (Wildman–Crippen LogP) is 3.63. The van der Waals surface area contributed by atoms with Crippen molar-refractivity contribution in [3.63, 3.8) is 0 Å². The largest absolute Gasteiger partial charge is 0.481 e. The van der Waals surface area contributed by atoms with E-state index in [9.17, 15) is 24.0 Å². The molecule has 194 valence electrons. The highest BCUT2D eigenvalue weighted by molar-refractivity contribution is 6.12. The molecule has 0 atom stereocenters. The Kier molecular flexibility index (Phi) is 10.5. The Hall–Kier alpha value is -2.51. The van der Waals surface area contributed by atoms with Crippen LogP contribution in [0, 0.1) is 23.7 Å². The number of carboxylic acids is 1. The first-order valence-electron chi connectivity index (χ1n) is 13.4. The zero-order valence-electron chi connectivity index (χ0n) is 20.7. The molecule has 0 radical (unpaired) electrons. The summed E-state index contributed by atoms with van der Waals surface area (Å²) in [5, 5.41) is 12.1. The van der Waals surface area contributed by atoms with E-state index in [0.29, 0.717) is 37.6 Å². The van der Waals surface area contributed by atoms with E-state index < -0.39 is 5.97 Å². The number of hydrogen-bond acceptors (Lipinski definition) is 5. The van der Waals surface area contributed by atoms with Crippen molar-refractivity contribution >= 4 is 29.5 Å². The molecule has 2 aliphatic carbocycles. The first-order valence-corrected chi connectivity index (χ1v) is 13.4. The minimum absolute atomic E-state index is 0.00139. The van der Waals surface area contributed by atoms with Crippen molar-refractivity contribution in [3.8, 4) is 0 Å². The summed E-state index contributed by atoms with van der Waals surface area (Å²) in [6.07, 6.45) is 13.9. The number of imide groups is 1. The van der Waals surface area contributed by atoms with Crippen molar-refractivity contribution < 1.29 is 29.1 Å². The molecular formula is C27H40N2O6. The van der Waals surface area contributed by atoms with Crippen molar-refractivity contribution in [3.05, 3.63) is 12.2 Å². The number of ketones is 1. The fourth-order valence-corrected chi connectivity index (χ4v) is 5.64. The molecule has 35 heavy (non-hydrogen) atoms. The lowest BCUT2D eigenvalue weighted by Gasteiger charge is -2.30. The van der Waals surface area contributed by atoms with Gasteiger partial charge in [-0.25, -0.2) is 0 Å². The van der Waals surface area contributed by atoms with Crippen LogP contribution in [0.2, 0.25) is 0 Å². The minimum Gasteiger partial charge on any atom is -0.481 e. The Morgan fingerprint density at radius 1 is 0.800 bits per heavy atom. The molecule has 3 aliphatic rings. The van der Waals surface area contributed by atoms with Gasteiger partial charge in [-0.05, 0) is 82.5 Å². The van der Waals surface area contributed by atoms with E-state index in [-0.39, 0.29) is 35.5 Å². The summed E-state index contributed by atoms with van der Waals surface area (Å²) < 4.78 is 0. The maximum atomic E-state index is 12.5. The van der Waals surface area contributed by atoms with Gasteiger partial charge in [0.2, 0.25) is 5.91 Å². The molecule has 0 unspecified atom stereocenters. The van der Waals surface area contributed by atoms with E-state index in [2.05, 4.69) is 5.32 Å². The smallest absolute Gasteiger partial charge is 0.306 e. The molecule has 1 heterocycles. The van der Waals surface area contributed by atoms with Crippen LogP contribution in [-0.4, -0.2) is 52.6 Å². The van der Waals surface area contributed by atoms with Crippen LogP contribution < -0.4 is 5.32 Å². The Bertz CT molecular complexity index is 788. The number of carbonyl (C=O) groups is 5. The third-order valence-corrected chi connectivity index (χ3v) is 8.02. The Labute approximate surface area is 207 Å². The highest BCUT2D eigenvalue weighted by atomic mass is 16.4. The molecule has 2 fully saturated rings. The second-order valence-corrected chi connectivity index (χ2v) is 10.6. The molecule has 3 amide bonds. The Morgan fingerprint density at radius 2 is 1.40 bits per heavy atom. The lowest BCUT2D eigenvalue weighted by atomic mass is 9.79. The van der Waals surface area contributed by atoms with Crippen LogP contribution in [0.3, 0.4) is 0 Å². The van der Waals surface area contributed by atoms with Gasteiger partial charge in [0.05, 0.1) is 5.92 Å². The monoisotopic (exact) mass is 488 g/mol. The lowest BCUT2D eigenvalue weighted by Crippen LogP contribution is -2.38. The molecule has 8 heteroatoms. The standard InChI is InChI=1S/C27H40N2O6/c30-23(14-9-19-5-12-22(13-6-19)27(34)35)4-2-1-3-17-28-26(33)21-10-7-20(8-11-21)18-29-24(31)15-16-25(29)32/h15-16,19-22H,1-14,17-18H2,(H,28,33)(H,34,35). The van der Waals surface area contributed by atoms with Crippen LogP contribution in [0.15, 0.2) is 12.2 Å². The van der Waals surface area contributed by atoms with Crippen LogP contribution in [0.4, 0.5) is 0 Å². The number of carbonyl (C=O) groups excluding carboxylic acids is 4. The van der Waals surface area contributed by atoms with Gasteiger partial charge in [-0.15, -0.1) is 0 Å². The Balaban J connectivity index is 1.17. The molecule has 0 bridgehead atoms. The van der Waals surface area contributed by atoms with Crippen LogP contribution >= 0.6 is 0 Å². The van der Waals surface area contributed by atoms with E-state index in [1.54, 1.807) is 0 Å².